The predicted octanol–water partition coefficient (Wildman–Crippen LogP) is 3.20. The minimum absolute atomic E-state index is 0.114. The van der Waals surface area contributed by atoms with Crippen molar-refractivity contribution in [3.8, 4) is 0 Å². The molecule has 3 unspecified atom stereocenters. The highest BCUT2D eigenvalue weighted by Gasteiger charge is 2.36. The second-order valence-corrected chi connectivity index (χ2v) is 6.80. The van der Waals surface area contributed by atoms with E-state index in [2.05, 4.69) is 9.88 Å². The molecule has 1 aromatic heterocycles. The van der Waals surface area contributed by atoms with Gasteiger partial charge in [0.05, 0.1) is 18.3 Å². The van der Waals surface area contributed by atoms with Crippen LogP contribution in [-0.2, 0) is 6.54 Å². The summed E-state index contributed by atoms with van der Waals surface area (Å²) in [7, 11) is 0. The van der Waals surface area contributed by atoms with Gasteiger partial charge in [-0.15, -0.1) is 0 Å². The van der Waals surface area contributed by atoms with Crippen LogP contribution < -0.4 is 0 Å². The number of hydrogen-bond acceptors (Lipinski definition) is 4. The summed E-state index contributed by atoms with van der Waals surface area (Å²) in [5, 5.41) is 10.4. The van der Waals surface area contributed by atoms with Gasteiger partial charge in [-0.2, -0.15) is 0 Å². The molecule has 1 aromatic rings. The van der Waals surface area contributed by atoms with E-state index in [4.69, 9.17) is 4.42 Å². The highest BCUT2D eigenvalue weighted by molar-refractivity contribution is 5.05. The van der Waals surface area contributed by atoms with Crippen LogP contribution in [0.1, 0.15) is 62.3 Å². The Labute approximate surface area is 127 Å². The quantitative estimate of drug-likeness (QED) is 0.929. The minimum Gasteiger partial charge on any atom is -0.444 e. The highest BCUT2D eigenvalue weighted by atomic mass is 16.4. The Hall–Kier alpha value is -0.870. The molecule has 1 N–H and O–H groups in total. The molecule has 1 saturated carbocycles. The van der Waals surface area contributed by atoms with Crippen molar-refractivity contribution < 1.29 is 9.52 Å². The first kappa shape index (κ1) is 15.0. The summed E-state index contributed by atoms with van der Waals surface area (Å²) in [6.07, 6.45) is 8.23. The molecule has 0 amide bonds. The Kier molecular flexibility index (Phi) is 4.65. The van der Waals surface area contributed by atoms with Gasteiger partial charge in [-0.25, -0.2) is 4.98 Å². The largest absolute Gasteiger partial charge is 0.444 e. The van der Waals surface area contributed by atoms with Crippen molar-refractivity contribution in [1.29, 1.82) is 0 Å². The van der Waals surface area contributed by atoms with Gasteiger partial charge < -0.3 is 9.52 Å². The maximum atomic E-state index is 10.4. The molecule has 21 heavy (non-hydrogen) atoms. The number of aryl methyl sites for hydroxylation is 2. The predicted molar refractivity (Wildman–Crippen MR) is 82.0 cm³/mol. The summed E-state index contributed by atoms with van der Waals surface area (Å²) >= 11 is 0. The standard InChI is InChI=1S/C17H28N2O2/c1-12-13(2)21-17(18-12)11-19-10-6-5-8-15(19)14-7-3-4-9-16(14)20/h14-16,20H,3-11H2,1-2H3. The average molecular weight is 292 g/mol. The van der Waals surface area contributed by atoms with Gasteiger partial charge in [-0.3, -0.25) is 4.90 Å². The number of nitrogens with zero attached hydrogens (tertiary/aromatic N) is 2. The zero-order valence-corrected chi connectivity index (χ0v) is 13.3. The van der Waals surface area contributed by atoms with E-state index in [9.17, 15) is 5.11 Å². The summed E-state index contributed by atoms with van der Waals surface area (Å²) < 4.78 is 5.76. The zero-order chi connectivity index (χ0) is 14.8. The molecule has 118 valence electrons. The SMILES string of the molecule is Cc1nc(CN2CCCCC2C2CCCCC2O)oc1C. The van der Waals surface area contributed by atoms with Crippen molar-refractivity contribution >= 4 is 0 Å². The van der Waals surface area contributed by atoms with Crippen molar-refractivity contribution in [3.05, 3.63) is 17.3 Å². The lowest BCUT2D eigenvalue weighted by atomic mass is 9.78. The second-order valence-electron chi connectivity index (χ2n) is 6.80. The second kappa shape index (κ2) is 6.49. The Morgan fingerprint density at radius 1 is 1.14 bits per heavy atom. The molecule has 2 heterocycles. The third-order valence-corrected chi connectivity index (χ3v) is 5.35. The Balaban J connectivity index is 1.71. The van der Waals surface area contributed by atoms with E-state index in [1.54, 1.807) is 0 Å². The molecule has 0 radical (unpaired) electrons. The first-order chi connectivity index (χ1) is 10.1. The molecule has 0 aromatic carbocycles. The van der Waals surface area contributed by atoms with E-state index >= 15 is 0 Å². The molecule has 0 bridgehead atoms. The molecular weight excluding hydrogens is 264 g/mol. The van der Waals surface area contributed by atoms with Crippen LogP contribution in [0.25, 0.3) is 0 Å². The highest BCUT2D eigenvalue weighted by Crippen LogP contribution is 2.34. The number of likely N-dealkylation sites (tertiary alicyclic amines) is 1. The van der Waals surface area contributed by atoms with Crippen LogP contribution in [0.5, 0.6) is 0 Å². The maximum Gasteiger partial charge on any atom is 0.208 e. The molecular formula is C17H28N2O2. The summed E-state index contributed by atoms with van der Waals surface area (Å²) in [5.74, 6) is 2.20. The van der Waals surface area contributed by atoms with E-state index < -0.39 is 0 Å². The van der Waals surface area contributed by atoms with Gasteiger partial charge >= 0.3 is 0 Å². The molecule has 1 aliphatic carbocycles. The number of aliphatic hydroxyl groups excluding tert-OH is 1. The van der Waals surface area contributed by atoms with E-state index in [-0.39, 0.29) is 6.10 Å². The summed E-state index contributed by atoms with van der Waals surface area (Å²) in [5.41, 5.74) is 0.997. The fourth-order valence-electron chi connectivity index (χ4n) is 4.07. The van der Waals surface area contributed by atoms with Gasteiger partial charge in [0.2, 0.25) is 5.89 Å². The van der Waals surface area contributed by atoms with Gasteiger partial charge in [0.15, 0.2) is 0 Å². The Morgan fingerprint density at radius 2 is 1.90 bits per heavy atom. The van der Waals surface area contributed by atoms with Crippen LogP contribution in [0, 0.1) is 19.8 Å². The van der Waals surface area contributed by atoms with Crippen LogP contribution >= 0.6 is 0 Å². The molecule has 2 fully saturated rings. The van der Waals surface area contributed by atoms with E-state index in [0.717, 1.165) is 36.9 Å². The Morgan fingerprint density at radius 3 is 2.62 bits per heavy atom. The first-order valence-electron chi connectivity index (χ1n) is 8.50. The van der Waals surface area contributed by atoms with E-state index in [1.807, 2.05) is 13.8 Å². The maximum absolute atomic E-state index is 10.4. The number of oxazole rings is 1. The molecule has 3 rings (SSSR count). The Bertz CT molecular complexity index is 452. The van der Waals surface area contributed by atoms with Crippen molar-refractivity contribution in [1.82, 2.24) is 9.88 Å². The molecule has 4 nitrogen and oxygen atoms in total. The van der Waals surface area contributed by atoms with E-state index in [0.29, 0.717) is 12.0 Å². The number of aliphatic hydroxyl groups is 1. The van der Waals surface area contributed by atoms with Crippen LogP contribution in [-0.4, -0.2) is 33.7 Å². The lowest BCUT2D eigenvalue weighted by Gasteiger charge is -2.43. The number of rotatable bonds is 3. The third-order valence-electron chi connectivity index (χ3n) is 5.35. The van der Waals surface area contributed by atoms with Crippen molar-refractivity contribution in [2.45, 2.75) is 77.5 Å². The molecule has 4 heteroatoms. The lowest BCUT2D eigenvalue weighted by Crippen LogP contribution is -2.48. The molecule has 0 spiro atoms. The summed E-state index contributed by atoms with van der Waals surface area (Å²) in [6, 6.07) is 0.501. The van der Waals surface area contributed by atoms with Crippen molar-refractivity contribution in [3.63, 3.8) is 0 Å². The van der Waals surface area contributed by atoms with E-state index in [1.165, 1.54) is 38.5 Å². The lowest BCUT2D eigenvalue weighted by molar-refractivity contribution is -0.0113. The van der Waals surface area contributed by atoms with Crippen molar-refractivity contribution in [2.24, 2.45) is 5.92 Å². The molecule has 1 aliphatic heterocycles. The fraction of sp³-hybridized carbons (Fsp3) is 0.824. The summed E-state index contributed by atoms with van der Waals surface area (Å²) in [4.78, 5) is 7.04. The van der Waals surface area contributed by atoms with Crippen LogP contribution in [0.2, 0.25) is 0 Å². The average Bonchev–Trinajstić information content (AvgIpc) is 2.79. The first-order valence-corrected chi connectivity index (χ1v) is 8.50. The third kappa shape index (κ3) is 3.32. The number of aromatic nitrogens is 1. The molecule has 1 saturated heterocycles. The molecule has 2 aliphatic rings. The normalized spacial score (nSPS) is 31.5. The van der Waals surface area contributed by atoms with Gasteiger partial charge in [0.25, 0.3) is 0 Å². The summed E-state index contributed by atoms with van der Waals surface area (Å²) in [6.45, 7) is 5.88. The minimum atomic E-state index is -0.114. The van der Waals surface area contributed by atoms with Crippen molar-refractivity contribution in [2.75, 3.05) is 6.54 Å². The zero-order valence-electron chi connectivity index (χ0n) is 13.3. The van der Waals surface area contributed by atoms with Gasteiger partial charge in [-0.1, -0.05) is 19.3 Å². The van der Waals surface area contributed by atoms with Gasteiger partial charge in [0, 0.05) is 12.0 Å². The van der Waals surface area contributed by atoms with Crippen LogP contribution in [0.4, 0.5) is 0 Å². The molecule has 3 atom stereocenters. The smallest absolute Gasteiger partial charge is 0.208 e. The number of piperidine rings is 1. The van der Waals surface area contributed by atoms with Gasteiger partial charge in [-0.05, 0) is 46.1 Å². The van der Waals surface area contributed by atoms with Crippen LogP contribution in [0.3, 0.4) is 0 Å². The monoisotopic (exact) mass is 292 g/mol. The number of hydrogen-bond donors (Lipinski definition) is 1. The van der Waals surface area contributed by atoms with Crippen LogP contribution in [0.15, 0.2) is 4.42 Å². The topological polar surface area (TPSA) is 49.5 Å². The van der Waals surface area contributed by atoms with Gasteiger partial charge in [0.1, 0.15) is 5.76 Å². The fourth-order valence-corrected chi connectivity index (χ4v) is 4.07.